The monoisotopic (exact) mass is 269 g/mol. The highest BCUT2D eigenvalue weighted by molar-refractivity contribution is 5.74. The number of rotatable bonds is 3. The van der Waals surface area contributed by atoms with Crippen molar-refractivity contribution in [2.24, 2.45) is 5.41 Å². The molecule has 0 amide bonds. The van der Waals surface area contributed by atoms with Gasteiger partial charge in [-0.05, 0) is 44.5 Å². The van der Waals surface area contributed by atoms with Gasteiger partial charge in [0, 0.05) is 12.6 Å². The number of likely N-dealkylation sites (tertiary alicyclic amines) is 1. The van der Waals surface area contributed by atoms with Crippen LogP contribution in [0.1, 0.15) is 31.9 Å². The Hall–Kier alpha value is -1.49. The quantitative estimate of drug-likeness (QED) is 0.917. The second-order valence-electron chi connectivity index (χ2n) is 5.44. The van der Waals surface area contributed by atoms with E-state index in [9.17, 15) is 18.7 Å². The fraction of sp³-hybridized carbons (Fsp3) is 0.500. The number of carbonyl (C=O) groups is 1. The normalized spacial score (nSPS) is 25.5. The van der Waals surface area contributed by atoms with Crippen LogP contribution in [-0.2, 0) is 4.79 Å². The van der Waals surface area contributed by atoms with Crippen LogP contribution >= 0.6 is 0 Å². The summed E-state index contributed by atoms with van der Waals surface area (Å²) in [6, 6.07) is 3.69. The second-order valence-corrected chi connectivity index (χ2v) is 5.44. The lowest BCUT2D eigenvalue weighted by Crippen LogP contribution is -2.32. The Kier molecular flexibility index (Phi) is 3.58. The van der Waals surface area contributed by atoms with Crippen molar-refractivity contribution < 1.29 is 18.7 Å². The van der Waals surface area contributed by atoms with Crippen LogP contribution in [-0.4, -0.2) is 29.1 Å². The first-order valence-electron chi connectivity index (χ1n) is 6.26. The van der Waals surface area contributed by atoms with Crippen LogP contribution in [0.5, 0.6) is 0 Å². The molecule has 0 saturated carbocycles. The fourth-order valence-electron chi connectivity index (χ4n) is 2.48. The van der Waals surface area contributed by atoms with E-state index in [2.05, 4.69) is 0 Å². The number of hydrogen-bond donors (Lipinski definition) is 1. The Labute approximate surface area is 110 Å². The van der Waals surface area contributed by atoms with E-state index in [1.807, 2.05) is 11.8 Å². The van der Waals surface area contributed by atoms with Crippen molar-refractivity contribution in [3.05, 3.63) is 35.4 Å². The van der Waals surface area contributed by atoms with Crippen LogP contribution in [0.3, 0.4) is 0 Å². The molecular formula is C14H17F2NO2. The fourth-order valence-corrected chi connectivity index (χ4v) is 2.48. The molecule has 2 rings (SSSR count). The van der Waals surface area contributed by atoms with Crippen LogP contribution in [0.4, 0.5) is 8.78 Å². The molecule has 1 aromatic carbocycles. The molecule has 1 fully saturated rings. The van der Waals surface area contributed by atoms with Gasteiger partial charge in [-0.2, -0.15) is 0 Å². The molecule has 104 valence electrons. The van der Waals surface area contributed by atoms with Crippen molar-refractivity contribution in [3.8, 4) is 0 Å². The molecular weight excluding hydrogens is 252 g/mol. The summed E-state index contributed by atoms with van der Waals surface area (Å²) in [6.45, 7) is 4.65. The Morgan fingerprint density at radius 1 is 1.42 bits per heavy atom. The maximum absolute atomic E-state index is 13.2. The minimum absolute atomic E-state index is 0.128. The summed E-state index contributed by atoms with van der Waals surface area (Å²) in [7, 11) is 0. The SMILES string of the molecule is CC(c1ccc(F)c(F)c1)N1CCC(C)(C(=O)O)C1. The van der Waals surface area contributed by atoms with E-state index < -0.39 is 23.0 Å². The van der Waals surface area contributed by atoms with Gasteiger partial charge in [0.05, 0.1) is 5.41 Å². The van der Waals surface area contributed by atoms with Gasteiger partial charge in [0.25, 0.3) is 0 Å². The predicted octanol–water partition coefficient (Wildman–Crippen LogP) is 2.82. The van der Waals surface area contributed by atoms with Gasteiger partial charge in [0.2, 0.25) is 0 Å². The molecule has 19 heavy (non-hydrogen) atoms. The van der Waals surface area contributed by atoms with Crippen molar-refractivity contribution in [1.29, 1.82) is 0 Å². The Balaban J connectivity index is 2.15. The van der Waals surface area contributed by atoms with Gasteiger partial charge in [0.15, 0.2) is 11.6 Å². The first-order chi connectivity index (χ1) is 8.83. The van der Waals surface area contributed by atoms with Crippen LogP contribution < -0.4 is 0 Å². The molecule has 0 radical (unpaired) electrons. The number of halogens is 2. The molecule has 0 aromatic heterocycles. The molecule has 1 aliphatic heterocycles. The Morgan fingerprint density at radius 3 is 2.63 bits per heavy atom. The van der Waals surface area contributed by atoms with Crippen molar-refractivity contribution in [2.75, 3.05) is 13.1 Å². The average molecular weight is 269 g/mol. The van der Waals surface area contributed by atoms with Crippen molar-refractivity contribution in [2.45, 2.75) is 26.3 Å². The predicted molar refractivity (Wildman–Crippen MR) is 66.7 cm³/mol. The molecule has 1 aliphatic rings. The number of aliphatic carboxylic acids is 1. The lowest BCUT2D eigenvalue weighted by Gasteiger charge is -2.26. The maximum atomic E-state index is 13.2. The summed E-state index contributed by atoms with van der Waals surface area (Å²) in [5, 5.41) is 9.19. The first-order valence-corrected chi connectivity index (χ1v) is 6.26. The lowest BCUT2D eigenvalue weighted by atomic mass is 9.90. The summed E-state index contributed by atoms with van der Waals surface area (Å²) in [6.07, 6.45) is 0.566. The van der Waals surface area contributed by atoms with E-state index in [0.29, 0.717) is 25.1 Å². The zero-order chi connectivity index (χ0) is 14.2. The number of carboxylic acids is 1. The van der Waals surface area contributed by atoms with E-state index in [-0.39, 0.29) is 6.04 Å². The first kappa shape index (κ1) is 13.9. The van der Waals surface area contributed by atoms with Gasteiger partial charge in [0.1, 0.15) is 0 Å². The van der Waals surface area contributed by atoms with Crippen molar-refractivity contribution >= 4 is 5.97 Å². The maximum Gasteiger partial charge on any atom is 0.310 e. The van der Waals surface area contributed by atoms with Gasteiger partial charge in [-0.25, -0.2) is 8.78 Å². The molecule has 2 unspecified atom stereocenters. The van der Waals surface area contributed by atoms with Crippen LogP contribution in [0, 0.1) is 17.0 Å². The third kappa shape index (κ3) is 2.61. The summed E-state index contributed by atoms with van der Waals surface area (Å²) in [5.41, 5.74) is -0.0964. The summed E-state index contributed by atoms with van der Waals surface area (Å²) < 4.78 is 26.1. The lowest BCUT2D eigenvalue weighted by molar-refractivity contribution is -0.147. The smallest absolute Gasteiger partial charge is 0.310 e. The molecule has 1 N–H and O–H groups in total. The molecule has 3 nitrogen and oxygen atoms in total. The highest BCUT2D eigenvalue weighted by Crippen LogP contribution is 2.35. The van der Waals surface area contributed by atoms with E-state index in [4.69, 9.17) is 0 Å². The number of carboxylic acid groups (broad SMARTS) is 1. The van der Waals surface area contributed by atoms with E-state index in [1.165, 1.54) is 6.07 Å². The molecule has 1 aromatic rings. The molecule has 1 heterocycles. The summed E-state index contributed by atoms with van der Waals surface area (Å²) >= 11 is 0. The van der Waals surface area contributed by atoms with Gasteiger partial charge in [-0.15, -0.1) is 0 Å². The van der Waals surface area contributed by atoms with Gasteiger partial charge in [-0.3, -0.25) is 9.69 Å². The van der Waals surface area contributed by atoms with E-state index >= 15 is 0 Å². The Bertz CT molecular complexity index is 506. The second kappa shape index (κ2) is 4.89. The average Bonchev–Trinajstić information content (AvgIpc) is 2.76. The van der Waals surface area contributed by atoms with Crippen molar-refractivity contribution in [3.63, 3.8) is 0 Å². The minimum atomic E-state index is -0.871. The largest absolute Gasteiger partial charge is 0.481 e. The summed E-state index contributed by atoms with van der Waals surface area (Å²) in [5.74, 6) is -2.55. The zero-order valence-corrected chi connectivity index (χ0v) is 11.0. The summed E-state index contributed by atoms with van der Waals surface area (Å²) in [4.78, 5) is 13.2. The number of benzene rings is 1. The number of hydrogen-bond acceptors (Lipinski definition) is 2. The van der Waals surface area contributed by atoms with Crippen molar-refractivity contribution in [1.82, 2.24) is 4.90 Å². The van der Waals surface area contributed by atoms with Gasteiger partial charge in [-0.1, -0.05) is 6.07 Å². The van der Waals surface area contributed by atoms with Gasteiger partial charge < -0.3 is 5.11 Å². The molecule has 1 saturated heterocycles. The minimum Gasteiger partial charge on any atom is -0.481 e. The van der Waals surface area contributed by atoms with Gasteiger partial charge >= 0.3 is 5.97 Å². The van der Waals surface area contributed by atoms with Crippen LogP contribution in [0.15, 0.2) is 18.2 Å². The van der Waals surface area contributed by atoms with Crippen LogP contribution in [0.25, 0.3) is 0 Å². The van der Waals surface area contributed by atoms with Crippen LogP contribution in [0.2, 0.25) is 0 Å². The highest BCUT2D eigenvalue weighted by Gasteiger charge is 2.41. The zero-order valence-electron chi connectivity index (χ0n) is 11.0. The molecule has 5 heteroatoms. The highest BCUT2D eigenvalue weighted by atomic mass is 19.2. The molecule has 0 aliphatic carbocycles. The molecule has 2 atom stereocenters. The molecule has 0 bridgehead atoms. The van der Waals surface area contributed by atoms with E-state index in [1.54, 1.807) is 13.0 Å². The standard InChI is InChI=1S/C14H17F2NO2/c1-9(10-3-4-11(15)12(16)7-10)17-6-5-14(2,8-17)13(18)19/h3-4,7,9H,5-6,8H2,1-2H3,(H,18,19). The van der Waals surface area contributed by atoms with E-state index in [0.717, 1.165) is 6.07 Å². The third-order valence-corrected chi connectivity index (χ3v) is 3.99. The topological polar surface area (TPSA) is 40.5 Å². The number of nitrogens with zero attached hydrogens (tertiary/aromatic N) is 1. The molecule has 0 spiro atoms. The third-order valence-electron chi connectivity index (χ3n) is 3.99. The Morgan fingerprint density at radius 2 is 2.11 bits per heavy atom.